The van der Waals surface area contributed by atoms with E-state index >= 15 is 0 Å². The molecule has 3 aromatic rings. The van der Waals surface area contributed by atoms with Gasteiger partial charge in [-0.3, -0.25) is 0 Å². The molecule has 0 aliphatic heterocycles. The molecule has 4 rings (SSSR count). The average Bonchev–Trinajstić information content (AvgIpc) is 3.07. The van der Waals surface area contributed by atoms with Crippen molar-refractivity contribution in [3.63, 3.8) is 0 Å². The van der Waals surface area contributed by atoms with Crippen molar-refractivity contribution in [2.24, 2.45) is 0 Å². The molecule has 0 spiro atoms. The van der Waals surface area contributed by atoms with Gasteiger partial charge in [-0.15, -0.1) is 0 Å². The molecule has 1 aromatic heterocycles. The van der Waals surface area contributed by atoms with Crippen molar-refractivity contribution in [1.82, 2.24) is 15.1 Å². The minimum atomic E-state index is -0.250. The average molecular weight is 350 g/mol. The molecule has 132 valence electrons. The lowest BCUT2D eigenvalue weighted by molar-refractivity contribution is 0.233. The fourth-order valence-corrected chi connectivity index (χ4v) is 3.23. The summed E-state index contributed by atoms with van der Waals surface area (Å²) in [4.78, 5) is 12.1. The summed E-state index contributed by atoms with van der Waals surface area (Å²) in [5.74, 6) is 0.0870. The molecule has 1 fully saturated rings. The molecule has 0 saturated heterocycles. The van der Waals surface area contributed by atoms with Crippen LogP contribution in [-0.2, 0) is 0 Å². The van der Waals surface area contributed by atoms with Crippen LogP contribution in [0.4, 0.5) is 14.9 Å². The second-order valence-electron chi connectivity index (χ2n) is 6.53. The minimum absolute atomic E-state index is 0.104. The van der Waals surface area contributed by atoms with Crippen LogP contribution in [0.15, 0.2) is 67.0 Å². The molecule has 1 saturated carbocycles. The smallest absolute Gasteiger partial charge is 0.319 e. The van der Waals surface area contributed by atoms with Gasteiger partial charge in [0.25, 0.3) is 0 Å². The summed E-state index contributed by atoms with van der Waals surface area (Å²) in [6.45, 7) is 0. The summed E-state index contributed by atoms with van der Waals surface area (Å²) < 4.78 is 15.0. The second kappa shape index (κ2) is 7.00. The van der Waals surface area contributed by atoms with E-state index in [-0.39, 0.29) is 17.9 Å². The minimum Gasteiger partial charge on any atom is -0.335 e. The van der Waals surface area contributed by atoms with E-state index in [1.807, 2.05) is 36.4 Å². The molecule has 2 aromatic carbocycles. The van der Waals surface area contributed by atoms with Gasteiger partial charge in [0.2, 0.25) is 0 Å². The molecule has 0 bridgehead atoms. The van der Waals surface area contributed by atoms with Crippen molar-refractivity contribution in [2.75, 3.05) is 5.32 Å². The van der Waals surface area contributed by atoms with Crippen molar-refractivity contribution in [2.45, 2.75) is 24.8 Å². The third kappa shape index (κ3) is 3.59. The molecule has 2 N–H and O–H groups in total. The number of hydrogen-bond donors (Lipinski definition) is 2. The maximum atomic E-state index is 13.3. The van der Waals surface area contributed by atoms with Gasteiger partial charge < -0.3 is 10.6 Å². The van der Waals surface area contributed by atoms with Crippen LogP contribution in [0.25, 0.3) is 5.69 Å². The van der Waals surface area contributed by atoms with Crippen LogP contribution in [0, 0.1) is 5.82 Å². The molecule has 1 aliphatic carbocycles. The monoisotopic (exact) mass is 350 g/mol. The lowest BCUT2D eigenvalue weighted by Gasteiger charge is -2.36. The van der Waals surface area contributed by atoms with Crippen LogP contribution in [0.5, 0.6) is 0 Å². The number of nitrogens with one attached hydrogen (secondary N) is 2. The molecular weight excluding hydrogens is 331 g/mol. The summed E-state index contributed by atoms with van der Waals surface area (Å²) in [6, 6.07) is 16.2. The Hall–Kier alpha value is -3.15. The number of carbonyl (C=O) groups excluding carboxylic acids is 1. The first-order chi connectivity index (χ1) is 12.7. The summed E-state index contributed by atoms with van der Waals surface area (Å²) >= 11 is 0. The normalized spacial score (nSPS) is 18.8. The van der Waals surface area contributed by atoms with Gasteiger partial charge in [-0.2, -0.15) is 5.10 Å². The Labute approximate surface area is 150 Å². The Kier molecular flexibility index (Phi) is 4.39. The van der Waals surface area contributed by atoms with E-state index in [9.17, 15) is 9.18 Å². The molecular formula is C20H19FN4O. The molecule has 0 atom stereocenters. The van der Waals surface area contributed by atoms with E-state index in [0.29, 0.717) is 11.6 Å². The quantitative estimate of drug-likeness (QED) is 0.745. The fourth-order valence-electron chi connectivity index (χ4n) is 3.23. The number of para-hydroxylation sites is 1. The SMILES string of the molecule is O=C(Nc1cnn(-c2ccccc2)c1)NC1CC(c2cccc(F)c2)C1. The standard InChI is InChI=1S/C20H19FN4O/c21-16-6-4-5-14(9-16)15-10-17(11-15)23-20(26)24-18-12-22-25(13-18)19-7-2-1-3-8-19/h1-9,12-13,15,17H,10-11H2,(H2,23,24,26). The summed E-state index contributed by atoms with van der Waals surface area (Å²) in [7, 11) is 0. The Balaban J connectivity index is 1.28. The second-order valence-corrected chi connectivity index (χ2v) is 6.53. The van der Waals surface area contributed by atoms with E-state index in [2.05, 4.69) is 15.7 Å². The first kappa shape index (κ1) is 16.3. The highest BCUT2D eigenvalue weighted by Gasteiger charge is 2.31. The van der Waals surface area contributed by atoms with Crippen molar-refractivity contribution in [1.29, 1.82) is 0 Å². The highest BCUT2D eigenvalue weighted by Crippen LogP contribution is 2.37. The first-order valence-corrected chi connectivity index (χ1v) is 8.60. The number of hydrogen-bond acceptors (Lipinski definition) is 2. The van der Waals surface area contributed by atoms with Crippen LogP contribution < -0.4 is 10.6 Å². The Bertz CT molecular complexity index is 903. The molecule has 1 aliphatic rings. The number of rotatable bonds is 4. The van der Waals surface area contributed by atoms with Gasteiger partial charge in [0.15, 0.2) is 0 Å². The predicted molar refractivity (Wildman–Crippen MR) is 97.9 cm³/mol. The van der Waals surface area contributed by atoms with Gasteiger partial charge in [-0.05, 0) is 48.6 Å². The zero-order valence-corrected chi connectivity index (χ0v) is 14.1. The fraction of sp³-hybridized carbons (Fsp3) is 0.200. The van der Waals surface area contributed by atoms with Crippen molar-refractivity contribution >= 4 is 11.7 Å². The van der Waals surface area contributed by atoms with Crippen LogP contribution >= 0.6 is 0 Å². The number of aromatic nitrogens is 2. The number of carbonyl (C=O) groups is 1. The van der Waals surface area contributed by atoms with Crippen molar-refractivity contribution < 1.29 is 9.18 Å². The van der Waals surface area contributed by atoms with E-state index in [4.69, 9.17) is 0 Å². The van der Waals surface area contributed by atoms with Gasteiger partial charge in [0.1, 0.15) is 5.82 Å². The van der Waals surface area contributed by atoms with E-state index in [1.165, 1.54) is 6.07 Å². The van der Waals surface area contributed by atoms with E-state index in [1.54, 1.807) is 29.2 Å². The number of halogens is 1. The van der Waals surface area contributed by atoms with E-state index in [0.717, 1.165) is 24.1 Å². The van der Waals surface area contributed by atoms with Crippen LogP contribution in [-0.4, -0.2) is 21.9 Å². The maximum absolute atomic E-state index is 13.3. The third-order valence-corrected chi connectivity index (χ3v) is 4.65. The summed E-state index contributed by atoms with van der Waals surface area (Å²) in [5, 5.41) is 10.0. The van der Waals surface area contributed by atoms with Gasteiger partial charge in [-0.25, -0.2) is 13.9 Å². The van der Waals surface area contributed by atoms with Gasteiger partial charge in [0.05, 0.1) is 23.8 Å². The summed E-state index contributed by atoms with van der Waals surface area (Å²) in [6.07, 6.45) is 5.02. The van der Waals surface area contributed by atoms with Crippen molar-refractivity contribution in [3.05, 3.63) is 78.4 Å². The van der Waals surface area contributed by atoms with Gasteiger partial charge in [0, 0.05) is 6.04 Å². The molecule has 6 heteroatoms. The highest BCUT2D eigenvalue weighted by atomic mass is 19.1. The summed E-state index contributed by atoms with van der Waals surface area (Å²) in [5.41, 5.74) is 2.55. The number of nitrogens with zero attached hydrogens (tertiary/aromatic N) is 2. The number of anilines is 1. The van der Waals surface area contributed by atoms with Crippen LogP contribution in [0.3, 0.4) is 0 Å². The molecule has 0 radical (unpaired) electrons. The molecule has 26 heavy (non-hydrogen) atoms. The maximum Gasteiger partial charge on any atom is 0.319 e. The Morgan fingerprint density at radius 2 is 1.92 bits per heavy atom. The molecule has 1 heterocycles. The molecule has 2 amide bonds. The number of urea groups is 1. The van der Waals surface area contributed by atoms with Gasteiger partial charge in [-0.1, -0.05) is 30.3 Å². The third-order valence-electron chi connectivity index (χ3n) is 4.65. The predicted octanol–water partition coefficient (Wildman–Crippen LogP) is 4.08. The lowest BCUT2D eigenvalue weighted by Crippen LogP contribution is -2.45. The van der Waals surface area contributed by atoms with Crippen LogP contribution in [0.1, 0.15) is 24.3 Å². The zero-order valence-electron chi connectivity index (χ0n) is 14.1. The lowest BCUT2D eigenvalue weighted by atomic mass is 9.76. The zero-order chi connectivity index (χ0) is 17.9. The first-order valence-electron chi connectivity index (χ1n) is 8.60. The number of benzene rings is 2. The van der Waals surface area contributed by atoms with Crippen molar-refractivity contribution in [3.8, 4) is 5.69 Å². The Morgan fingerprint density at radius 3 is 2.69 bits per heavy atom. The van der Waals surface area contributed by atoms with E-state index < -0.39 is 0 Å². The Morgan fingerprint density at radius 1 is 1.12 bits per heavy atom. The molecule has 5 nitrogen and oxygen atoms in total. The van der Waals surface area contributed by atoms with Gasteiger partial charge >= 0.3 is 6.03 Å². The molecule has 0 unspecified atom stereocenters. The number of amides is 2. The van der Waals surface area contributed by atoms with Crippen LogP contribution in [0.2, 0.25) is 0 Å². The highest BCUT2D eigenvalue weighted by molar-refractivity contribution is 5.89. The topological polar surface area (TPSA) is 59.0 Å². The largest absolute Gasteiger partial charge is 0.335 e.